The normalized spacial score (nSPS) is 11.8. The highest BCUT2D eigenvalue weighted by atomic mass is 35.5. The van der Waals surface area contributed by atoms with Crippen molar-refractivity contribution in [3.63, 3.8) is 0 Å². The van der Waals surface area contributed by atoms with E-state index in [0.29, 0.717) is 101 Å². The van der Waals surface area contributed by atoms with E-state index in [9.17, 15) is 9.59 Å². The number of carbonyl (C=O) groups excluding carboxylic acids is 2. The number of hydrogen-bond donors (Lipinski definition) is 0. The first-order valence-corrected chi connectivity index (χ1v) is 17.0. The van der Waals surface area contributed by atoms with Crippen LogP contribution in [-0.4, -0.2) is 58.9 Å². The lowest BCUT2D eigenvalue weighted by Crippen LogP contribution is -2.03. The Hall–Kier alpha value is -5.16. The number of nitrogens with zero attached hydrogens (tertiary/aromatic N) is 4. The summed E-state index contributed by atoms with van der Waals surface area (Å²) in [6.45, 7) is 6.00. The molecule has 12 heteroatoms. The largest absolute Gasteiger partial charge is 0.493 e. The molecule has 51 heavy (non-hydrogen) atoms. The van der Waals surface area contributed by atoms with Crippen LogP contribution in [0.15, 0.2) is 54.6 Å². The molecular formula is C39H40ClFN4O6. The summed E-state index contributed by atoms with van der Waals surface area (Å²) in [5.41, 5.74) is 5.60. The molecule has 10 nitrogen and oxygen atoms in total. The molecule has 0 amide bonds. The van der Waals surface area contributed by atoms with Crippen molar-refractivity contribution in [3.05, 3.63) is 88.0 Å². The Morgan fingerprint density at radius 1 is 0.784 bits per heavy atom. The molecule has 0 fully saturated rings. The number of ether oxygens (including phenoxy) is 4. The molecule has 0 aliphatic heterocycles. The van der Waals surface area contributed by atoms with Gasteiger partial charge in [0.15, 0.2) is 23.0 Å². The Balaban J connectivity index is 0.000000218. The van der Waals surface area contributed by atoms with Gasteiger partial charge in [0, 0.05) is 47.7 Å². The molecular weight excluding hydrogens is 675 g/mol. The van der Waals surface area contributed by atoms with E-state index in [-0.39, 0.29) is 17.4 Å². The van der Waals surface area contributed by atoms with Crippen LogP contribution < -0.4 is 18.9 Å². The zero-order valence-electron chi connectivity index (χ0n) is 29.3. The Kier molecular flexibility index (Phi) is 12.5. The number of hydrogen-bond acceptors (Lipinski definition) is 10. The number of halogens is 2. The SMILES string of the molecule is COc1cc2c(Cc3ccc4c(c3F)C=C(C)C4)ncnc2cc1OCCCC(C)=O.COc1cc2c(Cl)ncnc2cc1OCCCC(C)=O. The smallest absolute Gasteiger partial charge is 0.163 e. The summed E-state index contributed by atoms with van der Waals surface area (Å²) in [6, 6.07) is 11.0. The summed E-state index contributed by atoms with van der Waals surface area (Å²) in [5.74, 6) is 2.37. The van der Waals surface area contributed by atoms with E-state index in [4.69, 9.17) is 30.5 Å². The van der Waals surface area contributed by atoms with Crippen LogP contribution in [0.5, 0.6) is 23.0 Å². The first-order valence-electron chi connectivity index (χ1n) is 16.6. The van der Waals surface area contributed by atoms with Crippen molar-refractivity contribution in [2.45, 2.75) is 59.3 Å². The number of ketones is 2. The Morgan fingerprint density at radius 2 is 1.35 bits per heavy atom. The fraction of sp³-hybridized carbons (Fsp3) is 0.333. The van der Waals surface area contributed by atoms with E-state index in [1.165, 1.54) is 18.2 Å². The molecule has 3 aromatic carbocycles. The van der Waals surface area contributed by atoms with Gasteiger partial charge in [-0.15, -0.1) is 0 Å². The van der Waals surface area contributed by atoms with Gasteiger partial charge in [0.05, 0.1) is 44.2 Å². The van der Waals surface area contributed by atoms with Crippen LogP contribution in [0, 0.1) is 5.82 Å². The van der Waals surface area contributed by atoms with E-state index in [0.717, 1.165) is 23.1 Å². The summed E-state index contributed by atoms with van der Waals surface area (Å²) in [6.07, 6.45) is 8.24. The summed E-state index contributed by atoms with van der Waals surface area (Å²) < 4.78 is 37.4. The van der Waals surface area contributed by atoms with Crippen LogP contribution in [-0.2, 0) is 22.4 Å². The number of rotatable bonds is 14. The maximum Gasteiger partial charge on any atom is 0.163 e. The van der Waals surface area contributed by atoms with Crippen LogP contribution in [0.25, 0.3) is 27.9 Å². The highest BCUT2D eigenvalue weighted by Crippen LogP contribution is 2.36. The molecule has 1 aliphatic carbocycles. The van der Waals surface area contributed by atoms with Gasteiger partial charge in [-0.05, 0) is 63.3 Å². The zero-order valence-corrected chi connectivity index (χ0v) is 30.1. The molecule has 1 aliphatic rings. The summed E-state index contributed by atoms with van der Waals surface area (Å²) in [7, 11) is 3.13. The second kappa shape index (κ2) is 17.2. The second-order valence-corrected chi connectivity index (χ2v) is 12.6. The molecule has 2 heterocycles. The highest BCUT2D eigenvalue weighted by molar-refractivity contribution is 6.34. The van der Waals surface area contributed by atoms with Crippen LogP contribution in [0.2, 0.25) is 5.15 Å². The monoisotopic (exact) mass is 714 g/mol. The van der Waals surface area contributed by atoms with Gasteiger partial charge in [0.2, 0.25) is 0 Å². The minimum absolute atomic E-state index is 0.135. The third-order valence-electron chi connectivity index (χ3n) is 8.30. The number of fused-ring (bicyclic) bond motifs is 3. The number of carbonyl (C=O) groups is 2. The topological polar surface area (TPSA) is 123 Å². The lowest BCUT2D eigenvalue weighted by Gasteiger charge is -2.13. The molecule has 2 aromatic heterocycles. The van der Waals surface area contributed by atoms with Crippen molar-refractivity contribution < 1.29 is 32.9 Å². The van der Waals surface area contributed by atoms with Gasteiger partial charge in [-0.1, -0.05) is 35.4 Å². The molecule has 0 radical (unpaired) electrons. The van der Waals surface area contributed by atoms with Crippen molar-refractivity contribution in [3.8, 4) is 23.0 Å². The molecule has 0 unspecified atom stereocenters. The molecule has 0 spiro atoms. The predicted molar refractivity (Wildman–Crippen MR) is 195 cm³/mol. The van der Waals surface area contributed by atoms with Crippen molar-refractivity contribution >= 4 is 51.0 Å². The van der Waals surface area contributed by atoms with Gasteiger partial charge in [-0.3, -0.25) is 0 Å². The van der Waals surface area contributed by atoms with E-state index >= 15 is 4.39 Å². The van der Waals surface area contributed by atoms with E-state index in [2.05, 4.69) is 19.9 Å². The average molecular weight is 715 g/mol. The number of aromatic nitrogens is 4. The summed E-state index contributed by atoms with van der Waals surface area (Å²) in [5, 5.41) is 1.88. The van der Waals surface area contributed by atoms with Crippen molar-refractivity contribution in [1.82, 2.24) is 19.9 Å². The Labute approximate surface area is 301 Å². The van der Waals surface area contributed by atoms with Gasteiger partial charge >= 0.3 is 0 Å². The lowest BCUT2D eigenvalue weighted by molar-refractivity contribution is -0.118. The molecule has 0 N–H and O–H groups in total. The Bertz CT molecular complexity index is 2100. The van der Waals surface area contributed by atoms with Crippen LogP contribution in [0.4, 0.5) is 4.39 Å². The molecule has 0 bridgehead atoms. The zero-order chi connectivity index (χ0) is 36.5. The maximum absolute atomic E-state index is 15.1. The number of benzene rings is 3. The number of Topliss-reactive ketones (excluding diaryl/α,β-unsaturated/α-hetero) is 2. The van der Waals surface area contributed by atoms with Crippen LogP contribution in [0.3, 0.4) is 0 Å². The van der Waals surface area contributed by atoms with Crippen LogP contribution >= 0.6 is 11.6 Å². The fourth-order valence-electron chi connectivity index (χ4n) is 5.75. The first-order chi connectivity index (χ1) is 24.6. The van der Waals surface area contributed by atoms with Gasteiger partial charge in [0.1, 0.15) is 35.2 Å². The molecule has 266 valence electrons. The van der Waals surface area contributed by atoms with Gasteiger partial charge in [0.25, 0.3) is 0 Å². The summed E-state index contributed by atoms with van der Waals surface area (Å²) in [4.78, 5) is 38.9. The third kappa shape index (κ3) is 9.35. The lowest BCUT2D eigenvalue weighted by atomic mass is 10.00. The molecule has 0 saturated carbocycles. The van der Waals surface area contributed by atoms with E-state index in [1.807, 2.05) is 31.2 Å². The van der Waals surface area contributed by atoms with Crippen molar-refractivity contribution in [2.75, 3.05) is 27.4 Å². The molecule has 0 atom stereocenters. The quantitative estimate of drug-likeness (QED) is 0.0823. The molecule has 0 saturated heterocycles. The predicted octanol–water partition coefficient (Wildman–Crippen LogP) is 8.12. The standard InChI is InChI=1S/C25H25FN2O3.C14H15ClN2O3/c1-15-9-17-6-7-18(25(26)19(17)10-15)11-21-20-12-23(30-3)24(13-22(20)28-14-27-21)31-8-4-5-16(2)29;1-9(18)4-3-5-20-13-7-11-10(6-12(13)19-2)14(15)17-8-16-11/h6-7,10,12-14H,4-5,8-9,11H2,1-3H3;6-8H,3-5H2,1-2H3. The second-order valence-electron chi connectivity index (χ2n) is 12.3. The van der Waals surface area contributed by atoms with Gasteiger partial charge in [-0.2, -0.15) is 0 Å². The molecule has 5 aromatic rings. The van der Waals surface area contributed by atoms with Crippen molar-refractivity contribution in [1.29, 1.82) is 0 Å². The van der Waals surface area contributed by atoms with Crippen LogP contribution in [0.1, 0.15) is 68.8 Å². The fourth-order valence-corrected chi connectivity index (χ4v) is 5.94. The third-order valence-corrected chi connectivity index (χ3v) is 8.61. The number of allylic oxidation sites excluding steroid dienone is 1. The minimum Gasteiger partial charge on any atom is -0.493 e. The minimum atomic E-state index is -0.182. The van der Waals surface area contributed by atoms with Gasteiger partial charge < -0.3 is 28.5 Å². The van der Waals surface area contributed by atoms with Crippen molar-refractivity contribution in [2.24, 2.45) is 0 Å². The van der Waals surface area contributed by atoms with Gasteiger partial charge in [-0.25, -0.2) is 24.3 Å². The first kappa shape index (κ1) is 37.1. The highest BCUT2D eigenvalue weighted by Gasteiger charge is 2.19. The maximum atomic E-state index is 15.1. The Morgan fingerprint density at radius 3 is 1.94 bits per heavy atom. The van der Waals surface area contributed by atoms with E-state index < -0.39 is 0 Å². The summed E-state index contributed by atoms with van der Waals surface area (Å²) >= 11 is 6.01. The molecule has 6 rings (SSSR count). The average Bonchev–Trinajstić information content (AvgIpc) is 3.50. The number of methoxy groups -OCH3 is 2. The van der Waals surface area contributed by atoms with E-state index in [1.54, 1.807) is 46.3 Å².